The minimum Gasteiger partial charge on any atom is -0.381 e. The van der Waals surface area contributed by atoms with E-state index >= 15 is 0 Å². The number of carbonyl (C=O) groups is 2. The van der Waals surface area contributed by atoms with Crippen molar-refractivity contribution in [3.63, 3.8) is 0 Å². The molecule has 0 bridgehead atoms. The summed E-state index contributed by atoms with van der Waals surface area (Å²) in [6.45, 7) is 6.12. The largest absolute Gasteiger partial charge is 0.381 e. The zero-order chi connectivity index (χ0) is 20.1. The second-order valence-corrected chi connectivity index (χ2v) is 7.25. The lowest BCUT2D eigenvalue weighted by Crippen LogP contribution is -2.47. The third-order valence-electron chi connectivity index (χ3n) is 5.28. The predicted octanol–water partition coefficient (Wildman–Crippen LogP) is 1.17. The third kappa shape index (κ3) is 5.05. The molecular weight excluding hydrogens is 364 g/mol. The molecule has 2 aliphatic rings. The Kier molecular flexibility index (Phi) is 6.58. The molecule has 2 heterocycles. The fraction of sp³-hybridized carbons (Fsp3) is 0.579. The van der Waals surface area contributed by atoms with E-state index in [4.69, 9.17) is 4.74 Å². The van der Waals surface area contributed by atoms with Gasteiger partial charge in [-0.2, -0.15) is 0 Å². The molecule has 0 aromatic heterocycles. The fourth-order valence-electron chi connectivity index (χ4n) is 3.61. The average Bonchev–Trinajstić information content (AvgIpc) is 2.69. The van der Waals surface area contributed by atoms with Crippen molar-refractivity contribution in [2.45, 2.75) is 32.4 Å². The summed E-state index contributed by atoms with van der Waals surface area (Å²) in [5.41, 5.74) is 0.755. The molecule has 3 rings (SSSR count). The van der Waals surface area contributed by atoms with Gasteiger partial charge in [0.05, 0.1) is 4.92 Å². The van der Waals surface area contributed by atoms with Crippen LogP contribution in [0.2, 0.25) is 0 Å². The Hall–Kier alpha value is -2.52. The molecule has 152 valence electrons. The van der Waals surface area contributed by atoms with Gasteiger partial charge in [-0.3, -0.25) is 24.6 Å². The monoisotopic (exact) mass is 390 g/mol. The third-order valence-corrected chi connectivity index (χ3v) is 5.28. The highest BCUT2D eigenvalue weighted by Gasteiger charge is 2.25. The van der Waals surface area contributed by atoms with Gasteiger partial charge in [-0.1, -0.05) is 6.07 Å². The number of rotatable bonds is 5. The molecule has 0 unspecified atom stereocenters. The van der Waals surface area contributed by atoms with Crippen LogP contribution in [0.5, 0.6) is 0 Å². The van der Waals surface area contributed by atoms with Crippen molar-refractivity contribution in [3.05, 3.63) is 39.4 Å². The van der Waals surface area contributed by atoms with Gasteiger partial charge in [0.25, 0.3) is 11.6 Å². The molecule has 2 fully saturated rings. The van der Waals surface area contributed by atoms with Gasteiger partial charge in [-0.15, -0.1) is 0 Å². The summed E-state index contributed by atoms with van der Waals surface area (Å²) in [4.78, 5) is 39.0. The molecule has 9 heteroatoms. The number of nitrogens with one attached hydrogen (secondary N) is 1. The van der Waals surface area contributed by atoms with Crippen LogP contribution in [0.15, 0.2) is 18.2 Å². The van der Waals surface area contributed by atoms with E-state index in [2.05, 4.69) is 10.2 Å². The normalized spacial score (nSPS) is 18.7. The molecule has 1 N–H and O–H groups in total. The maximum absolute atomic E-state index is 12.7. The Morgan fingerprint density at radius 2 is 1.89 bits per heavy atom. The molecule has 28 heavy (non-hydrogen) atoms. The first kappa shape index (κ1) is 20.2. The quantitative estimate of drug-likeness (QED) is 0.598. The van der Waals surface area contributed by atoms with Crippen LogP contribution in [0.1, 0.15) is 35.7 Å². The van der Waals surface area contributed by atoms with E-state index in [1.54, 1.807) is 24.0 Å². The molecular formula is C19H26N4O5. The van der Waals surface area contributed by atoms with Crippen LogP contribution >= 0.6 is 0 Å². The molecule has 2 amide bonds. The average molecular weight is 390 g/mol. The summed E-state index contributed by atoms with van der Waals surface area (Å²) < 4.78 is 5.29. The summed E-state index contributed by atoms with van der Waals surface area (Å²) in [5, 5.41) is 14.3. The second kappa shape index (κ2) is 9.11. The number of amides is 2. The van der Waals surface area contributed by atoms with Crippen LogP contribution in [0.4, 0.5) is 5.69 Å². The van der Waals surface area contributed by atoms with Crippen LogP contribution in [-0.2, 0) is 16.1 Å². The topological polar surface area (TPSA) is 105 Å². The minimum absolute atomic E-state index is 0.0239. The molecule has 0 spiro atoms. The van der Waals surface area contributed by atoms with Crippen molar-refractivity contribution in [1.82, 2.24) is 15.1 Å². The van der Waals surface area contributed by atoms with E-state index in [0.717, 1.165) is 18.7 Å². The molecule has 0 radical (unpaired) electrons. The van der Waals surface area contributed by atoms with Gasteiger partial charge < -0.3 is 15.0 Å². The van der Waals surface area contributed by atoms with E-state index in [-0.39, 0.29) is 23.2 Å². The lowest BCUT2D eigenvalue weighted by molar-refractivity contribution is -0.385. The predicted molar refractivity (Wildman–Crippen MR) is 102 cm³/mol. The van der Waals surface area contributed by atoms with E-state index in [9.17, 15) is 19.7 Å². The van der Waals surface area contributed by atoms with Crippen molar-refractivity contribution in [2.24, 2.45) is 0 Å². The number of hydrogen-bond donors (Lipinski definition) is 1. The van der Waals surface area contributed by atoms with Gasteiger partial charge >= 0.3 is 0 Å². The van der Waals surface area contributed by atoms with Gasteiger partial charge in [-0.05, 0) is 24.5 Å². The van der Waals surface area contributed by atoms with Crippen LogP contribution in [0, 0.1) is 10.1 Å². The van der Waals surface area contributed by atoms with Crippen LogP contribution in [-0.4, -0.2) is 72.0 Å². The van der Waals surface area contributed by atoms with E-state index in [0.29, 0.717) is 45.7 Å². The molecule has 2 aliphatic heterocycles. The number of piperazine rings is 1. The molecule has 0 atom stereocenters. The Labute approximate surface area is 163 Å². The minimum atomic E-state index is -0.520. The highest BCUT2D eigenvalue weighted by molar-refractivity contribution is 5.98. The smallest absolute Gasteiger partial charge is 0.282 e. The van der Waals surface area contributed by atoms with Crippen molar-refractivity contribution in [1.29, 1.82) is 0 Å². The van der Waals surface area contributed by atoms with Crippen LogP contribution in [0.25, 0.3) is 0 Å². The first-order valence-corrected chi connectivity index (χ1v) is 9.58. The molecule has 0 saturated carbocycles. The molecule has 1 aromatic rings. The number of nitro groups is 1. The number of nitrogens with zero attached hydrogens (tertiary/aromatic N) is 3. The summed E-state index contributed by atoms with van der Waals surface area (Å²) >= 11 is 0. The van der Waals surface area contributed by atoms with Crippen LogP contribution < -0.4 is 5.32 Å². The van der Waals surface area contributed by atoms with Crippen molar-refractivity contribution in [3.8, 4) is 0 Å². The molecule has 1 aromatic carbocycles. The van der Waals surface area contributed by atoms with E-state index < -0.39 is 10.8 Å². The van der Waals surface area contributed by atoms with Gasteiger partial charge in [0.15, 0.2) is 0 Å². The zero-order valence-corrected chi connectivity index (χ0v) is 16.1. The second-order valence-electron chi connectivity index (χ2n) is 7.25. The molecule has 9 nitrogen and oxygen atoms in total. The van der Waals surface area contributed by atoms with E-state index in [1.165, 1.54) is 6.07 Å². The van der Waals surface area contributed by atoms with Crippen molar-refractivity contribution < 1.29 is 19.2 Å². The van der Waals surface area contributed by atoms with Gasteiger partial charge in [0.2, 0.25) is 5.91 Å². The highest BCUT2D eigenvalue weighted by atomic mass is 16.6. The first-order valence-electron chi connectivity index (χ1n) is 9.58. The summed E-state index contributed by atoms with van der Waals surface area (Å²) in [7, 11) is 0. The number of ether oxygens (including phenoxy) is 1. The van der Waals surface area contributed by atoms with Gasteiger partial charge in [0.1, 0.15) is 5.56 Å². The number of carbonyl (C=O) groups excluding carboxylic acids is 2. The Morgan fingerprint density at radius 3 is 2.50 bits per heavy atom. The summed E-state index contributed by atoms with van der Waals surface area (Å²) in [6, 6.07) is 4.69. The zero-order valence-electron chi connectivity index (χ0n) is 16.1. The van der Waals surface area contributed by atoms with Gasteiger partial charge in [-0.25, -0.2) is 0 Å². The maximum Gasteiger partial charge on any atom is 0.282 e. The maximum atomic E-state index is 12.7. The SMILES string of the molecule is CC(=O)N1CCN(Cc2ccc([N+](=O)[O-])c(C(=O)NC3CCOCC3)c2)CC1. The Balaban J connectivity index is 1.69. The first-order chi connectivity index (χ1) is 13.4. The van der Waals surface area contributed by atoms with Crippen LogP contribution in [0.3, 0.4) is 0 Å². The fourth-order valence-corrected chi connectivity index (χ4v) is 3.61. The number of hydrogen-bond acceptors (Lipinski definition) is 6. The Morgan fingerprint density at radius 1 is 1.21 bits per heavy atom. The van der Waals surface area contributed by atoms with E-state index in [1.807, 2.05) is 0 Å². The highest BCUT2D eigenvalue weighted by Crippen LogP contribution is 2.22. The lowest BCUT2D eigenvalue weighted by atomic mass is 10.0. The number of nitro benzene ring substituents is 1. The van der Waals surface area contributed by atoms with Crippen molar-refractivity contribution in [2.75, 3.05) is 39.4 Å². The van der Waals surface area contributed by atoms with Crippen molar-refractivity contribution >= 4 is 17.5 Å². The molecule has 2 saturated heterocycles. The summed E-state index contributed by atoms with van der Waals surface area (Å²) in [5.74, 6) is -0.344. The summed E-state index contributed by atoms with van der Waals surface area (Å²) in [6.07, 6.45) is 1.42. The number of benzene rings is 1. The molecule has 0 aliphatic carbocycles. The lowest BCUT2D eigenvalue weighted by Gasteiger charge is -2.34. The van der Waals surface area contributed by atoms with Gasteiger partial charge in [0, 0.05) is 65.0 Å². The Bertz CT molecular complexity index is 740. The standard InChI is InChI=1S/C19H26N4O5/c1-14(24)22-8-6-21(7-9-22)13-15-2-3-18(23(26)27)17(12-15)19(25)20-16-4-10-28-11-5-16/h2-3,12,16H,4-11,13H2,1H3,(H,20,25).